The number of nitrogens with zero attached hydrogens (tertiary/aromatic N) is 3. The number of hydrogen-bond donors (Lipinski definition) is 1. The summed E-state index contributed by atoms with van der Waals surface area (Å²) in [5.41, 5.74) is 2.96. The van der Waals surface area contributed by atoms with Crippen LogP contribution in [0.2, 0.25) is 0 Å². The van der Waals surface area contributed by atoms with Crippen LogP contribution >= 0.6 is 0 Å². The largest absolute Gasteiger partial charge is 0.383 e. The number of nitrogens with one attached hydrogen (secondary N) is 1. The molecule has 0 aromatic carbocycles. The normalized spacial score (nSPS) is 12.1. The lowest BCUT2D eigenvalue weighted by Gasteiger charge is -2.14. The van der Waals surface area contributed by atoms with Crippen LogP contribution in [0.4, 0.5) is 0 Å². The summed E-state index contributed by atoms with van der Waals surface area (Å²) in [6, 6.07) is 7.29. The molecule has 1 amide bonds. The zero-order valence-electron chi connectivity index (χ0n) is 13.6. The van der Waals surface area contributed by atoms with Crippen molar-refractivity contribution >= 4 is 16.8 Å². The lowest BCUT2D eigenvalue weighted by Crippen LogP contribution is -2.36. The number of amides is 1. The standard InChI is InChI=1S/C18H18N4O2/c1-12(11-24-2)21-18(23)17-9-14(13-3-6-19-7-4-13)15-10-20-8-5-16(15)22-17/h3-10,12H,11H2,1-2H3,(H,21,23)/t12-/m0/s1. The van der Waals surface area contributed by atoms with Gasteiger partial charge in [0, 0.05) is 43.3 Å². The molecule has 122 valence electrons. The summed E-state index contributed by atoms with van der Waals surface area (Å²) in [7, 11) is 1.60. The average Bonchev–Trinajstić information content (AvgIpc) is 2.61. The summed E-state index contributed by atoms with van der Waals surface area (Å²) in [6.45, 7) is 2.33. The van der Waals surface area contributed by atoms with Crippen LogP contribution in [-0.4, -0.2) is 40.6 Å². The minimum Gasteiger partial charge on any atom is -0.383 e. The summed E-state index contributed by atoms with van der Waals surface area (Å²) in [5.74, 6) is -0.228. The van der Waals surface area contributed by atoms with Gasteiger partial charge in [-0.1, -0.05) is 0 Å². The first-order valence-corrected chi connectivity index (χ1v) is 7.64. The van der Waals surface area contributed by atoms with Gasteiger partial charge in [0.05, 0.1) is 12.1 Å². The Morgan fingerprint density at radius 3 is 2.71 bits per heavy atom. The van der Waals surface area contributed by atoms with Gasteiger partial charge in [0.1, 0.15) is 5.69 Å². The molecule has 3 heterocycles. The Kier molecular flexibility index (Phi) is 4.77. The van der Waals surface area contributed by atoms with Crippen molar-refractivity contribution in [1.29, 1.82) is 0 Å². The molecule has 0 spiro atoms. The Hall–Kier alpha value is -2.86. The van der Waals surface area contributed by atoms with Crippen LogP contribution < -0.4 is 5.32 Å². The van der Waals surface area contributed by atoms with Gasteiger partial charge in [-0.05, 0) is 42.3 Å². The second-order valence-electron chi connectivity index (χ2n) is 5.51. The molecule has 3 aromatic heterocycles. The first-order valence-electron chi connectivity index (χ1n) is 7.64. The summed E-state index contributed by atoms with van der Waals surface area (Å²) >= 11 is 0. The van der Waals surface area contributed by atoms with Gasteiger partial charge in [0.15, 0.2) is 0 Å². The first kappa shape index (κ1) is 16.0. The lowest BCUT2D eigenvalue weighted by atomic mass is 10.0. The number of methoxy groups -OCH3 is 1. The number of fused-ring (bicyclic) bond motifs is 1. The fourth-order valence-electron chi connectivity index (χ4n) is 2.54. The van der Waals surface area contributed by atoms with Crippen molar-refractivity contribution in [3.63, 3.8) is 0 Å². The van der Waals surface area contributed by atoms with E-state index in [4.69, 9.17) is 4.74 Å². The van der Waals surface area contributed by atoms with E-state index in [1.54, 1.807) is 44.0 Å². The molecule has 0 aliphatic heterocycles. The van der Waals surface area contributed by atoms with Crippen molar-refractivity contribution in [1.82, 2.24) is 20.3 Å². The maximum absolute atomic E-state index is 12.5. The van der Waals surface area contributed by atoms with Gasteiger partial charge in [-0.3, -0.25) is 14.8 Å². The highest BCUT2D eigenvalue weighted by Crippen LogP contribution is 2.27. The monoisotopic (exact) mass is 322 g/mol. The van der Waals surface area contributed by atoms with Crippen LogP contribution in [0.15, 0.2) is 49.1 Å². The third-order valence-corrected chi connectivity index (χ3v) is 3.63. The second-order valence-corrected chi connectivity index (χ2v) is 5.51. The van der Waals surface area contributed by atoms with Crippen molar-refractivity contribution in [2.45, 2.75) is 13.0 Å². The predicted octanol–water partition coefficient (Wildman–Crippen LogP) is 2.46. The Morgan fingerprint density at radius 1 is 1.21 bits per heavy atom. The maximum atomic E-state index is 12.5. The average molecular weight is 322 g/mol. The van der Waals surface area contributed by atoms with E-state index < -0.39 is 0 Å². The van der Waals surface area contributed by atoms with E-state index in [1.165, 1.54) is 0 Å². The molecule has 0 unspecified atom stereocenters. The zero-order valence-corrected chi connectivity index (χ0v) is 13.6. The molecule has 1 atom stereocenters. The molecule has 0 aliphatic carbocycles. The van der Waals surface area contributed by atoms with E-state index in [9.17, 15) is 4.79 Å². The number of rotatable bonds is 5. The second kappa shape index (κ2) is 7.14. The van der Waals surface area contributed by atoms with E-state index in [0.717, 1.165) is 22.0 Å². The van der Waals surface area contributed by atoms with Gasteiger partial charge in [0.25, 0.3) is 5.91 Å². The van der Waals surface area contributed by atoms with Crippen LogP contribution in [0.5, 0.6) is 0 Å². The molecule has 3 aromatic rings. The fraction of sp³-hybridized carbons (Fsp3) is 0.222. The molecule has 3 rings (SSSR count). The van der Waals surface area contributed by atoms with Crippen LogP contribution in [0, 0.1) is 0 Å². The Balaban J connectivity index is 2.06. The SMILES string of the molecule is COC[C@H](C)NC(=O)c1cc(-c2ccncc2)c2cnccc2n1. The van der Waals surface area contributed by atoms with Gasteiger partial charge in [-0.2, -0.15) is 0 Å². The van der Waals surface area contributed by atoms with Crippen LogP contribution in [-0.2, 0) is 4.74 Å². The Morgan fingerprint density at radius 2 is 1.96 bits per heavy atom. The molecular weight excluding hydrogens is 304 g/mol. The van der Waals surface area contributed by atoms with E-state index in [1.807, 2.05) is 19.1 Å². The van der Waals surface area contributed by atoms with Crippen molar-refractivity contribution in [2.24, 2.45) is 0 Å². The molecule has 6 nitrogen and oxygen atoms in total. The molecule has 1 N–H and O–H groups in total. The molecule has 0 saturated heterocycles. The molecule has 0 saturated carbocycles. The van der Waals surface area contributed by atoms with E-state index in [2.05, 4.69) is 20.3 Å². The Bertz CT molecular complexity index is 852. The molecule has 0 fully saturated rings. The van der Waals surface area contributed by atoms with E-state index in [-0.39, 0.29) is 11.9 Å². The quantitative estimate of drug-likeness (QED) is 0.781. The molecule has 0 bridgehead atoms. The highest BCUT2D eigenvalue weighted by atomic mass is 16.5. The minimum atomic E-state index is -0.228. The summed E-state index contributed by atoms with van der Waals surface area (Å²) in [5, 5.41) is 3.78. The van der Waals surface area contributed by atoms with Gasteiger partial charge in [-0.25, -0.2) is 4.98 Å². The fourth-order valence-corrected chi connectivity index (χ4v) is 2.54. The first-order chi connectivity index (χ1) is 11.7. The van der Waals surface area contributed by atoms with Crippen molar-refractivity contribution in [3.05, 3.63) is 54.7 Å². The number of carbonyl (C=O) groups is 1. The summed E-state index contributed by atoms with van der Waals surface area (Å²) < 4.78 is 5.05. The number of carbonyl (C=O) groups excluding carboxylic acids is 1. The summed E-state index contributed by atoms with van der Waals surface area (Å²) in [4.78, 5) is 25.2. The Labute approximate surface area is 139 Å². The molecule has 24 heavy (non-hydrogen) atoms. The summed E-state index contributed by atoms with van der Waals surface area (Å²) in [6.07, 6.45) is 6.87. The topological polar surface area (TPSA) is 77.0 Å². The molecule has 0 radical (unpaired) electrons. The molecule has 0 aliphatic rings. The minimum absolute atomic E-state index is 0.0955. The van der Waals surface area contributed by atoms with Gasteiger partial charge >= 0.3 is 0 Å². The zero-order chi connectivity index (χ0) is 16.9. The van der Waals surface area contributed by atoms with E-state index in [0.29, 0.717) is 12.3 Å². The highest BCUT2D eigenvalue weighted by molar-refractivity contribution is 6.01. The predicted molar refractivity (Wildman–Crippen MR) is 91.6 cm³/mol. The number of aromatic nitrogens is 3. The molecular formula is C18H18N4O2. The van der Waals surface area contributed by atoms with Crippen molar-refractivity contribution < 1.29 is 9.53 Å². The highest BCUT2D eigenvalue weighted by Gasteiger charge is 2.15. The third kappa shape index (κ3) is 3.38. The lowest BCUT2D eigenvalue weighted by molar-refractivity contribution is 0.0901. The third-order valence-electron chi connectivity index (χ3n) is 3.63. The smallest absolute Gasteiger partial charge is 0.270 e. The van der Waals surface area contributed by atoms with Crippen molar-refractivity contribution in [2.75, 3.05) is 13.7 Å². The van der Waals surface area contributed by atoms with Crippen LogP contribution in [0.3, 0.4) is 0 Å². The number of pyridine rings is 3. The van der Waals surface area contributed by atoms with Gasteiger partial charge in [-0.15, -0.1) is 0 Å². The van der Waals surface area contributed by atoms with Crippen molar-refractivity contribution in [3.8, 4) is 11.1 Å². The van der Waals surface area contributed by atoms with Gasteiger partial charge in [0.2, 0.25) is 0 Å². The van der Waals surface area contributed by atoms with Crippen LogP contribution in [0.25, 0.3) is 22.0 Å². The molecule has 6 heteroatoms. The number of ether oxygens (including phenoxy) is 1. The van der Waals surface area contributed by atoms with Gasteiger partial charge < -0.3 is 10.1 Å². The van der Waals surface area contributed by atoms with E-state index >= 15 is 0 Å². The number of hydrogen-bond acceptors (Lipinski definition) is 5. The maximum Gasteiger partial charge on any atom is 0.270 e. The van der Waals surface area contributed by atoms with Crippen LogP contribution in [0.1, 0.15) is 17.4 Å².